The van der Waals surface area contributed by atoms with Crippen molar-refractivity contribution in [2.75, 3.05) is 0 Å². The molecule has 0 radical (unpaired) electrons. The molecule has 52 valence electrons. The third-order valence-corrected chi connectivity index (χ3v) is 1.55. The second-order valence-electron chi connectivity index (χ2n) is 0.785. The van der Waals surface area contributed by atoms with Crippen LogP contribution in [0.15, 0.2) is 0 Å². The second-order valence-corrected chi connectivity index (χ2v) is 11.8. The van der Waals surface area contributed by atoms with Gasteiger partial charge in [-0.2, -0.15) is 0 Å². The monoisotopic (exact) mass is 544 g/mol. The second kappa shape index (κ2) is 5.10. The quantitative estimate of drug-likeness (QED) is 0.277. The van der Waals surface area contributed by atoms with Crippen molar-refractivity contribution < 1.29 is 32.3 Å². The Balaban J connectivity index is 0. The summed E-state index contributed by atoms with van der Waals surface area (Å²) in [6.45, 7) is 0. The molecule has 0 aliphatic rings. The normalized spacial score (nSPS) is 9.88. The molecule has 0 saturated carbocycles. The van der Waals surface area contributed by atoms with Crippen LogP contribution in [0.1, 0.15) is 0 Å². The molecule has 0 heterocycles. The Morgan fingerprint density at radius 2 is 1.50 bits per heavy atom. The van der Waals surface area contributed by atoms with Crippen molar-refractivity contribution in [3.63, 3.8) is 0 Å². The zero-order valence-electron chi connectivity index (χ0n) is 3.25. The van der Waals surface area contributed by atoms with Crippen LogP contribution < -0.4 is 5.11 Å². The summed E-state index contributed by atoms with van der Waals surface area (Å²) in [6.07, 6.45) is 0. The molecular weight excluding hydrogens is 545 g/mol. The van der Waals surface area contributed by atoms with Crippen LogP contribution in [0.25, 0.3) is 0 Å². The van der Waals surface area contributed by atoms with Gasteiger partial charge in [0.05, 0.1) is 5.97 Å². The van der Waals surface area contributed by atoms with Gasteiger partial charge in [0.15, 0.2) is -0.565 Å². The SMILES string of the molecule is O=C([O-])C(I)(I)I.[Ag+]. The predicted molar refractivity (Wildman–Crippen MR) is 49.8 cm³/mol. The van der Waals surface area contributed by atoms with Gasteiger partial charge in [-0.3, -0.25) is 0 Å². The van der Waals surface area contributed by atoms with Gasteiger partial charge in [-0.1, -0.05) is 0 Å². The van der Waals surface area contributed by atoms with Gasteiger partial charge in [-0.15, -0.1) is 0 Å². The van der Waals surface area contributed by atoms with E-state index in [1.54, 1.807) is 67.8 Å². The van der Waals surface area contributed by atoms with Gasteiger partial charge in [0, 0.05) is 0 Å². The summed E-state index contributed by atoms with van der Waals surface area (Å²) < 4.78 is -0.784. The summed E-state index contributed by atoms with van der Waals surface area (Å²) in [6, 6.07) is 0. The number of carbonyl (C=O) groups is 1. The van der Waals surface area contributed by atoms with Crippen LogP contribution in [0.2, 0.25) is 0 Å². The molecular formula is C2AgI3O2. The minimum atomic E-state index is -1.05. The largest absolute Gasteiger partial charge is 1.00 e. The van der Waals surface area contributed by atoms with Crippen molar-refractivity contribution >= 4 is 73.7 Å². The van der Waals surface area contributed by atoms with Crippen LogP contribution >= 0.6 is 67.8 Å². The molecule has 0 spiro atoms. The number of rotatable bonds is 1. The molecule has 0 atom stereocenters. The molecule has 0 unspecified atom stereocenters. The minimum absolute atomic E-state index is 0. The Kier molecular flexibility index (Phi) is 8.31. The molecule has 8 heavy (non-hydrogen) atoms. The van der Waals surface area contributed by atoms with Crippen molar-refractivity contribution in [1.82, 2.24) is 0 Å². The fraction of sp³-hybridized carbons (Fsp3) is 0.500. The van der Waals surface area contributed by atoms with Gasteiger partial charge in [0.2, 0.25) is 0 Å². The topological polar surface area (TPSA) is 40.1 Å². The molecule has 0 aliphatic heterocycles. The van der Waals surface area contributed by atoms with E-state index in [0.29, 0.717) is 0 Å². The van der Waals surface area contributed by atoms with E-state index in [1.807, 2.05) is 0 Å². The van der Waals surface area contributed by atoms with E-state index in [4.69, 9.17) is 0 Å². The van der Waals surface area contributed by atoms with Crippen molar-refractivity contribution in [2.24, 2.45) is 0 Å². The van der Waals surface area contributed by atoms with E-state index in [0.717, 1.165) is 0 Å². The van der Waals surface area contributed by atoms with Gasteiger partial charge in [0.1, 0.15) is 0 Å². The molecule has 0 amide bonds. The molecule has 0 saturated heterocycles. The van der Waals surface area contributed by atoms with Gasteiger partial charge in [-0.05, 0) is 67.8 Å². The smallest absolute Gasteiger partial charge is 0.547 e. The number of carboxylic acid groups (broad SMARTS) is 1. The van der Waals surface area contributed by atoms with Crippen molar-refractivity contribution in [2.45, 2.75) is -0.565 Å². The fourth-order valence-corrected chi connectivity index (χ4v) is 0. The van der Waals surface area contributed by atoms with Crippen LogP contribution in [-0.4, -0.2) is 5.40 Å². The molecule has 0 bridgehead atoms. The Morgan fingerprint density at radius 3 is 1.50 bits per heavy atom. The van der Waals surface area contributed by atoms with Gasteiger partial charge >= 0.3 is 22.4 Å². The van der Waals surface area contributed by atoms with Gasteiger partial charge in [0.25, 0.3) is 0 Å². The van der Waals surface area contributed by atoms with E-state index in [2.05, 4.69) is 0 Å². The number of alkyl halides is 3. The number of carbonyl (C=O) groups excluding carboxylic acids is 1. The summed E-state index contributed by atoms with van der Waals surface area (Å²) in [7, 11) is 0. The van der Waals surface area contributed by atoms with E-state index < -0.39 is 5.40 Å². The van der Waals surface area contributed by atoms with Crippen LogP contribution in [0.5, 0.6) is 0 Å². The first-order chi connectivity index (χ1) is 2.94. The van der Waals surface area contributed by atoms with Gasteiger partial charge in [-0.25, -0.2) is 0 Å². The molecule has 0 aromatic heterocycles. The predicted octanol–water partition coefficient (Wildman–Crippen LogP) is 0.693. The number of aliphatic carboxylic acids is 1. The maximum atomic E-state index is 9.89. The molecule has 0 rings (SSSR count). The van der Waals surface area contributed by atoms with Crippen LogP contribution in [0, 0.1) is 0 Å². The Morgan fingerprint density at radius 1 is 1.38 bits per heavy atom. The summed E-state index contributed by atoms with van der Waals surface area (Å²) in [4.78, 5) is 9.89. The first-order valence-corrected chi connectivity index (χ1v) is 4.46. The Bertz CT molecular complexity index is 87.8. The molecule has 0 N–H and O–H groups in total. The molecule has 0 aromatic carbocycles. The summed E-state index contributed by atoms with van der Waals surface area (Å²) in [5.74, 6) is -1.05. The third-order valence-electron chi connectivity index (χ3n) is 0.231. The van der Waals surface area contributed by atoms with E-state index in [1.165, 1.54) is 0 Å². The van der Waals surface area contributed by atoms with Crippen molar-refractivity contribution in [3.8, 4) is 0 Å². The summed E-state index contributed by atoms with van der Waals surface area (Å²) in [5, 5.41) is 9.89. The molecule has 2 nitrogen and oxygen atoms in total. The third kappa shape index (κ3) is 6.52. The Hall–Kier alpha value is 2.40. The number of hydrogen-bond donors (Lipinski definition) is 0. The average molecular weight is 545 g/mol. The van der Waals surface area contributed by atoms with E-state index in [9.17, 15) is 9.90 Å². The van der Waals surface area contributed by atoms with E-state index in [-0.39, 0.29) is 22.4 Å². The van der Waals surface area contributed by atoms with Gasteiger partial charge < -0.3 is 9.90 Å². The number of hydrogen-bond acceptors (Lipinski definition) is 2. The number of carboxylic acids is 1. The first-order valence-electron chi connectivity index (χ1n) is 1.23. The van der Waals surface area contributed by atoms with Crippen LogP contribution in [0.3, 0.4) is 0 Å². The van der Waals surface area contributed by atoms with Crippen molar-refractivity contribution in [3.05, 3.63) is 0 Å². The summed E-state index contributed by atoms with van der Waals surface area (Å²) in [5.41, 5.74) is 0. The zero-order chi connectivity index (χ0) is 6.08. The first kappa shape index (κ1) is 13.0. The van der Waals surface area contributed by atoms with Crippen LogP contribution in [0.4, 0.5) is 0 Å². The zero-order valence-corrected chi connectivity index (χ0v) is 11.2. The van der Waals surface area contributed by atoms with E-state index >= 15 is 0 Å². The number of halogens is 3. The molecule has 6 heteroatoms. The fourth-order valence-electron chi connectivity index (χ4n) is 0. The molecule has 0 fully saturated rings. The maximum absolute atomic E-state index is 9.89. The summed E-state index contributed by atoms with van der Waals surface area (Å²) >= 11 is 5.33. The van der Waals surface area contributed by atoms with Crippen molar-refractivity contribution in [1.29, 1.82) is 0 Å². The van der Waals surface area contributed by atoms with Crippen LogP contribution in [-0.2, 0) is 27.2 Å². The standard InChI is InChI=1S/C2HI3O2.Ag/c3-2(4,5)1(6)7;/h(H,6,7);/q;+1/p-1. The molecule has 0 aromatic rings. The minimum Gasteiger partial charge on any atom is -0.547 e. The maximum Gasteiger partial charge on any atom is 1.00 e. The Labute approximate surface area is 103 Å². The molecule has 0 aliphatic carbocycles. The average Bonchev–Trinajstić information content (AvgIpc) is 1.31.